The van der Waals surface area contributed by atoms with Crippen molar-refractivity contribution in [2.75, 3.05) is 19.1 Å². The highest BCUT2D eigenvalue weighted by molar-refractivity contribution is 7.98. The zero-order valence-corrected chi connectivity index (χ0v) is 10.7. The minimum Gasteiger partial charge on any atom is -0.317 e. The van der Waals surface area contributed by atoms with Gasteiger partial charge in [0.25, 0.3) is 0 Å². The summed E-state index contributed by atoms with van der Waals surface area (Å²) in [5, 5.41) is 7.55. The molecule has 1 unspecified atom stereocenters. The molecule has 1 rings (SSSR count). The summed E-state index contributed by atoms with van der Waals surface area (Å²) in [4.78, 5) is 0. The lowest BCUT2D eigenvalue weighted by Crippen LogP contribution is -2.26. The van der Waals surface area contributed by atoms with E-state index in [2.05, 4.69) is 22.9 Å². The van der Waals surface area contributed by atoms with Gasteiger partial charge in [0.2, 0.25) is 0 Å². The lowest BCUT2D eigenvalue weighted by atomic mass is 10.1. The molecular weight excluding hydrogens is 206 g/mol. The Kier molecular flexibility index (Phi) is 5.79. The summed E-state index contributed by atoms with van der Waals surface area (Å²) < 4.78 is 1.87. The number of hydrogen-bond acceptors (Lipinski definition) is 3. The van der Waals surface area contributed by atoms with Crippen LogP contribution in [0.15, 0.2) is 12.4 Å². The Morgan fingerprint density at radius 1 is 1.53 bits per heavy atom. The molecule has 1 heterocycles. The summed E-state index contributed by atoms with van der Waals surface area (Å²) >= 11 is 1.91. The predicted octanol–water partition coefficient (Wildman–Crippen LogP) is 1.69. The summed E-state index contributed by atoms with van der Waals surface area (Å²) in [6, 6.07) is 0.637. The first-order valence-corrected chi connectivity index (χ1v) is 6.79. The third-order valence-electron chi connectivity index (χ3n) is 2.62. The Morgan fingerprint density at radius 3 is 2.87 bits per heavy atom. The molecule has 0 saturated heterocycles. The summed E-state index contributed by atoms with van der Waals surface area (Å²) in [7, 11) is 4.01. The van der Waals surface area contributed by atoms with Gasteiger partial charge in [0.15, 0.2) is 0 Å². The summed E-state index contributed by atoms with van der Waals surface area (Å²) in [5.41, 5.74) is 1.34. The number of thioether (sulfide) groups is 1. The van der Waals surface area contributed by atoms with Crippen molar-refractivity contribution in [3.63, 3.8) is 0 Å². The van der Waals surface area contributed by atoms with Gasteiger partial charge in [0.1, 0.15) is 0 Å². The highest BCUT2D eigenvalue weighted by Crippen LogP contribution is 2.08. The number of nitrogens with one attached hydrogen (secondary N) is 1. The largest absolute Gasteiger partial charge is 0.317 e. The van der Waals surface area contributed by atoms with Gasteiger partial charge in [-0.05, 0) is 43.9 Å². The van der Waals surface area contributed by atoms with E-state index in [1.807, 2.05) is 36.7 Å². The fraction of sp³-hybridized carbons (Fsp3) is 0.727. The van der Waals surface area contributed by atoms with Crippen molar-refractivity contribution in [2.45, 2.75) is 25.3 Å². The Labute approximate surface area is 96.6 Å². The van der Waals surface area contributed by atoms with E-state index in [0.717, 1.165) is 6.42 Å². The van der Waals surface area contributed by atoms with Crippen LogP contribution in [0.1, 0.15) is 18.4 Å². The number of aryl methyl sites for hydroxylation is 2. The van der Waals surface area contributed by atoms with E-state index in [0.29, 0.717) is 6.04 Å². The highest BCUT2D eigenvalue weighted by atomic mass is 32.2. The third-order valence-corrected chi connectivity index (χ3v) is 3.26. The summed E-state index contributed by atoms with van der Waals surface area (Å²) in [6.07, 6.45) is 9.78. The Hall–Kier alpha value is -0.480. The van der Waals surface area contributed by atoms with E-state index >= 15 is 0 Å². The fourth-order valence-corrected chi connectivity index (χ4v) is 2.16. The molecule has 3 nitrogen and oxygen atoms in total. The van der Waals surface area contributed by atoms with Gasteiger partial charge in [0, 0.05) is 19.3 Å². The molecule has 0 saturated carbocycles. The lowest BCUT2D eigenvalue weighted by Gasteiger charge is -2.14. The molecular formula is C11H21N3S. The molecule has 0 fully saturated rings. The number of nitrogens with zero attached hydrogens (tertiary/aromatic N) is 2. The maximum Gasteiger partial charge on any atom is 0.0521 e. The van der Waals surface area contributed by atoms with Gasteiger partial charge in [-0.25, -0.2) is 0 Å². The SMILES string of the molecule is CNC(CCSC)CCc1cnn(C)c1. The molecule has 0 aliphatic carbocycles. The molecule has 15 heavy (non-hydrogen) atoms. The molecule has 0 aromatic carbocycles. The third kappa shape index (κ3) is 4.71. The molecule has 86 valence electrons. The second kappa shape index (κ2) is 6.90. The topological polar surface area (TPSA) is 29.9 Å². The maximum atomic E-state index is 4.17. The van der Waals surface area contributed by atoms with E-state index in [1.165, 1.54) is 24.2 Å². The van der Waals surface area contributed by atoms with Crippen molar-refractivity contribution in [3.8, 4) is 0 Å². The van der Waals surface area contributed by atoms with E-state index in [-0.39, 0.29) is 0 Å². The van der Waals surface area contributed by atoms with Crippen LogP contribution in [0.5, 0.6) is 0 Å². The van der Waals surface area contributed by atoms with Gasteiger partial charge in [-0.15, -0.1) is 0 Å². The normalized spacial score (nSPS) is 13.0. The smallest absolute Gasteiger partial charge is 0.0521 e. The van der Waals surface area contributed by atoms with E-state index < -0.39 is 0 Å². The van der Waals surface area contributed by atoms with Crippen molar-refractivity contribution in [3.05, 3.63) is 18.0 Å². The van der Waals surface area contributed by atoms with Crippen molar-refractivity contribution < 1.29 is 0 Å². The Morgan fingerprint density at radius 2 is 2.33 bits per heavy atom. The number of hydrogen-bond donors (Lipinski definition) is 1. The van der Waals surface area contributed by atoms with Crippen LogP contribution in [0, 0.1) is 0 Å². The summed E-state index contributed by atoms with van der Waals surface area (Å²) in [6.45, 7) is 0. The van der Waals surface area contributed by atoms with Gasteiger partial charge in [-0.1, -0.05) is 0 Å². The monoisotopic (exact) mass is 227 g/mol. The van der Waals surface area contributed by atoms with Gasteiger partial charge >= 0.3 is 0 Å². The minimum atomic E-state index is 0.637. The second-order valence-corrected chi connectivity index (χ2v) is 4.81. The van der Waals surface area contributed by atoms with Crippen molar-refractivity contribution in [2.24, 2.45) is 7.05 Å². The van der Waals surface area contributed by atoms with Gasteiger partial charge in [-0.3, -0.25) is 4.68 Å². The molecule has 1 atom stereocenters. The molecule has 1 N–H and O–H groups in total. The van der Waals surface area contributed by atoms with Crippen molar-refractivity contribution in [1.29, 1.82) is 0 Å². The Balaban J connectivity index is 2.27. The van der Waals surface area contributed by atoms with E-state index in [4.69, 9.17) is 0 Å². The zero-order valence-electron chi connectivity index (χ0n) is 9.86. The van der Waals surface area contributed by atoms with Crippen LogP contribution in [0.4, 0.5) is 0 Å². The number of aromatic nitrogens is 2. The zero-order chi connectivity index (χ0) is 11.1. The average Bonchev–Trinajstić information content (AvgIpc) is 2.65. The van der Waals surface area contributed by atoms with Gasteiger partial charge < -0.3 is 5.32 Å². The molecule has 0 amide bonds. The highest BCUT2D eigenvalue weighted by Gasteiger charge is 2.06. The first kappa shape index (κ1) is 12.6. The van der Waals surface area contributed by atoms with Crippen LogP contribution in [-0.4, -0.2) is 34.9 Å². The predicted molar refractivity (Wildman–Crippen MR) is 67.4 cm³/mol. The van der Waals surface area contributed by atoms with E-state index in [9.17, 15) is 0 Å². The van der Waals surface area contributed by atoms with Crippen LogP contribution < -0.4 is 5.32 Å². The van der Waals surface area contributed by atoms with E-state index in [1.54, 1.807) is 0 Å². The molecule has 0 aliphatic rings. The summed E-state index contributed by atoms with van der Waals surface area (Å²) in [5.74, 6) is 1.23. The molecule has 1 aromatic rings. The fourth-order valence-electron chi connectivity index (χ4n) is 1.63. The lowest BCUT2D eigenvalue weighted by molar-refractivity contribution is 0.512. The quantitative estimate of drug-likeness (QED) is 0.769. The van der Waals surface area contributed by atoms with Crippen LogP contribution in [0.2, 0.25) is 0 Å². The van der Waals surface area contributed by atoms with Crippen LogP contribution in [0.3, 0.4) is 0 Å². The number of rotatable bonds is 7. The first-order valence-electron chi connectivity index (χ1n) is 5.40. The van der Waals surface area contributed by atoms with Gasteiger partial charge in [0.05, 0.1) is 6.20 Å². The molecule has 1 aromatic heterocycles. The maximum absolute atomic E-state index is 4.17. The van der Waals surface area contributed by atoms with Crippen molar-refractivity contribution in [1.82, 2.24) is 15.1 Å². The standard InChI is InChI=1S/C11H21N3S/c1-12-11(6-7-15-3)5-4-10-8-13-14(2)9-10/h8-9,11-12H,4-7H2,1-3H3. The van der Waals surface area contributed by atoms with Crippen molar-refractivity contribution >= 4 is 11.8 Å². The Bertz CT molecular complexity index is 273. The molecule has 4 heteroatoms. The van der Waals surface area contributed by atoms with Crippen LogP contribution >= 0.6 is 11.8 Å². The molecule has 0 bridgehead atoms. The van der Waals surface area contributed by atoms with Crippen LogP contribution in [-0.2, 0) is 13.5 Å². The van der Waals surface area contributed by atoms with Gasteiger partial charge in [-0.2, -0.15) is 16.9 Å². The molecule has 0 aliphatic heterocycles. The minimum absolute atomic E-state index is 0.637. The first-order chi connectivity index (χ1) is 7.26. The molecule has 0 spiro atoms. The average molecular weight is 227 g/mol. The molecule has 0 radical (unpaired) electrons. The second-order valence-electron chi connectivity index (χ2n) is 3.83. The van der Waals surface area contributed by atoms with Crippen LogP contribution in [0.25, 0.3) is 0 Å².